The molecule has 1 fully saturated rings. The number of hydrogen-bond donors (Lipinski definition) is 4. The minimum atomic E-state index is -4.61. The van der Waals surface area contributed by atoms with Crippen LogP contribution >= 0.6 is 0 Å². The molecule has 6 atom stereocenters. The Balaban J connectivity index is 2.49. The van der Waals surface area contributed by atoms with Crippen molar-refractivity contribution in [1.82, 2.24) is 0 Å². The Morgan fingerprint density at radius 2 is 1.05 bits per heavy atom. The van der Waals surface area contributed by atoms with E-state index in [1.807, 2.05) is 0 Å². The van der Waals surface area contributed by atoms with Crippen molar-refractivity contribution in [3.63, 3.8) is 0 Å². The number of unbranched alkanes of at least 4 members (excludes halogenated alkanes) is 12. The Hall–Kier alpha value is -2.91. The standard InChI is InChI=1S/C47H78O12S/c1-3-5-7-9-11-13-15-17-18-19-20-21-22-24-26-28-30-32-34-36-43(49)58-40(38-57-47-46(52)45(51)44(50)41(59-47)39-60(53,54)55)37-56-42(48)35-33-31-29-27-25-23-16-14-12-10-8-6-4-2/h5,7,11,13-14,16-18,20-21,24,26,40-41,44-47,50-52H,3-4,6,8-10,12,15,19,22-23,25,27-39H2,1-2H3,(H,53,54,55)/b7-5-,13-11-,16-14-,18-17-,21-20-,26-24-. The maximum Gasteiger partial charge on any atom is 0.306 e. The van der Waals surface area contributed by atoms with Crippen molar-refractivity contribution in [3.05, 3.63) is 72.9 Å². The van der Waals surface area contributed by atoms with E-state index in [9.17, 15) is 37.9 Å². The van der Waals surface area contributed by atoms with Crippen LogP contribution in [0.2, 0.25) is 0 Å². The largest absolute Gasteiger partial charge is 0.462 e. The average Bonchev–Trinajstić information content (AvgIpc) is 3.21. The summed E-state index contributed by atoms with van der Waals surface area (Å²) >= 11 is 0. The van der Waals surface area contributed by atoms with E-state index in [1.165, 1.54) is 25.7 Å². The molecular formula is C47H78O12S. The predicted octanol–water partition coefficient (Wildman–Crippen LogP) is 9.11. The van der Waals surface area contributed by atoms with Crippen LogP contribution in [0.5, 0.6) is 0 Å². The molecule has 12 nitrogen and oxygen atoms in total. The molecule has 0 aliphatic carbocycles. The number of carbonyl (C=O) groups excluding carboxylic acids is 2. The molecule has 1 rings (SSSR count). The molecule has 0 saturated carbocycles. The lowest BCUT2D eigenvalue weighted by molar-refractivity contribution is -0.297. The van der Waals surface area contributed by atoms with Crippen LogP contribution in [-0.4, -0.2) is 96.0 Å². The first-order valence-electron chi connectivity index (χ1n) is 22.5. The van der Waals surface area contributed by atoms with E-state index in [4.69, 9.17) is 18.9 Å². The summed E-state index contributed by atoms with van der Waals surface area (Å²) < 4.78 is 54.0. The third-order valence-electron chi connectivity index (χ3n) is 9.77. The number of aliphatic hydroxyl groups is 3. The van der Waals surface area contributed by atoms with Crippen molar-refractivity contribution in [2.75, 3.05) is 19.0 Å². The summed E-state index contributed by atoms with van der Waals surface area (Å²) in [4.78, 5) is 25.4. The van der Waals surface area contributed by atoms with Gasteiger partial charge < -0.3 is 34.3 Å². The molecule has 60 heavy (non-hydrogen) atoms. The van der Waals surface area contributed by atoms with Crippen molar-refractivity contribution in [2.45, 2.75) is 192 Å². The Morgan fingerprint density at radius 1 is 0.583 bits per heavy atom. The lowest BCUT2D eigenvalue weighted by Crippen LogP contribution is -2.60. The van der Waals surface area contributed by atoms with Gasteiger partial charge in [0.1, 0.15) is 36.8 Å². The summed E-state index contributed by atoms with van der Waals surface area (Å²) in [5.41, 5.74) is 0. The van der Waals surface area contributed by atoms with E-state index in [0.29, 0.717) is 12.8 Å². The topological polar surface area (TPSA) is 186 Å². The van der Waals surface area contributed by atoms with Gasteiger partial charge in [0.15, 0.2) is 12.4 Å². The second-order valence-electron chi connectivity index (χ2n) is 15.3. The fraction of sp³-hybridized carbons (Fsp3) is 0.702. The third kappa shape index (κ3) is 31.0. The highest BCUT2D eigenvalue weighted by Gasteiger charge is 2.46. The van der Waals surface area contributed by atoms with Crippen LogP contribution in [0.3, 0.4) is 0 Å². The number of ether oxygens (including phenoxy) is 4. The predicted molar refractivity (Wildman–Crippen MR) is 238 cm³/mol. The van der Waals surface area contributed by atoms with E-state index < -0.39 is 71.2 Å². The monoisotopic (exact) mass is 867 g/mol. The van der Waals surface area contributed by atoms with E-state index in [1.54, 1.807) is 0 Å². The number of esters is 2. The fourth-order valence-corrected chi connectivity index (χ4v) is 6.98. The van der Waals surface area contributed by atoms with Crippen LogP contribution in [0.25, 0.3) is 0 Å². The van der Waals surface area contributed by atoms with Gasteiger partial charge in [-0.3, -0.25) is 14.1 Å². The highest BCUT2D eigenvalue weighted by molar-refractivity contribution is 7.85. The maximum atomic E-state index is 12.8. The molecule has 1 heterocycles. The summed E-state index contributed by atoms with van der Waals surface area (Å²) in [6.45, 7) is 3.58. The van der Waals surface area contributed by atoms with Crippen molar-refractivity contribution < 1.29 is 56.8 Å². The minimum Gasteiger partial charge on any atom is -0.462 e. The molecule has 1 aliphatic rings. The van der Waals surface area contributed by atoms with Crippen LogP contribution in [-0.2, 0) is 38.7 Å². The van der Waals surface area contributed by atoms with Crippen LogP contribution in [0.4, 0.5) is 0 Å². The third-order valence-corrected chi connectivity index (χ3v) is 10.5. The molecule has 0 aromatic rings. The van der Waals surface area contributed by atoms with Crippen molar-refractivity contribution >= 4 is 22.1 Å². The first-order chi connectivity index (χ1) is 29.0. The fourth-order valence-electron chi connectivity index (χ4n) is 6.28. The zero-order valence-corrected chi connectivity index (χ0v) is 37.3. The Morgan fingerprint density at radius 3 is 1.60 bits per heavy atom. The second kappa shape index (κ2) is 36.7. The van der Waals surface area contributed by atoms with Gasteiger partial charge in [0.25, 0.3) is 10.1 Å². The normalized spacial score (nSPS) is 20.8. The molecule has 0 radical (unpaired) electrons. The first-order valence-corrected chi connectivity index (χ1v) is 24.1. The quantitative estimate of drug-likeness (QED) is 0.0203. The van der Waals surface area contributed by atoms with Gasteiger partial charge in [0, 0.05) is 12.8 Å². The Bertz CT molecular complexity index is 1390. The molecule has 4 N–H and O–H groups in total. The van der Waals surface area contributed by atoms with E-state index in [2.05, 4.69) is 86.8 Å². The van der Waals surface area contributed by atoms with E-state index >= 15 is 0 Å². The minimum absolute atomic E-state index is 0.120. The van der Waals surface area contributed by atoms with E-state index in [0.717, 1.165) is 89.9 Å². The Labute approximate surface area is 361 Å². The maximum absolute atomic E-state index is 12.8. The lowest BCUT2D eigenvalue weighted by Gasteiger charge is -2.40. The number of carbonyl (C=O) groups is 2. The van der Waals surface area contributed by atoms with Gasteiger partial charge in [-0.1, -0.05) is 132 Å². The lowest BCUT2D eigenvalue weighted by atomic mass is 10.00. The summed E-state index contributed by atoms with van der Waals surface area (Å²) in [6, 6.07) is 0. The summed E-state index contributed by atoms with van der Waals surface area (Å²) in [5.74, 6) is -2.05. The first kappa shape index (κ1) is 55.1. The molecule has 0 amide bonds. The van der Waals surface area contributed by atoms with Crippen LogP contribution in [0.15, 0.2) is 72.9 Å². The number of allylic oxidation sites excluding steroid dienone is 12. The van der Waals surface area contributed by atoms with Crippen LogP contribution in [0.1, 0.15) is 155 Å². The second-order valence-corrected chi connectivity index (χ2v) is 16.8. The van der Waals surface area contributed by atoms with Gasteiger partial charge in [-0.25, -0.2) is 0 Å². The van der Waals surface area contributed by atoms with Crippen LogP contribution < -0.4 is 0 Å². The zero-order chi connectivity index (χ0) is 44.1. The molecule has 0 spiro atoms. The van der Waals surface area contributed by atoms with Gasteiger partial charge in [-0.15, -0.1) is 0 Å². The molecule has 0 aromatic heterocycles. The van der Waals surface area contributed by atoms with Crippen molar-refractivity contribution in [3.8, 4) is 0 Å². The Kier molecular flexibility index (Phi) is 33.7. The van der Waals surface area contributed by atoms with Gasteiger partial charge in [0.2, 0.25) is 0 Å². The summed E-state index contributed by atoms with van der Waals surface area (Å²) in [6.07, 6.45) is 36.6. The van der Waals surface area contributed by atoms with Gasteiger partial charge in [0.05, 0.1) is 6.61 Å². The highest BCUT2D eigenvalue weighted by Crippen LogP contribution is 2.24. The van der Waals surface area contributed by atoms with Gasteiger partial charge >= 0.3 is 11.9 Å². The molecule has 13 heteroatoms. The van der Waals surface area contributed by atoms with Crippen molar-refractivity contribution in [1.29, 1.82) is 0 Å². The molecular weight excluding hydrogens is 789 g/mol. The molecule has 6 unspecified atom stereocenters. The zero-order valence-electron chi connectivity index (χ0n) is 36.5. The van der Waals surface area contributed by atoms with Gasteiger partial charge in [-0.05, 0) is 83.5 Å². The van der Waals surface area contributed by atoms with Crippen LogP contribution in [0, 0.1) is 0 Å². The van der Waals surface area contributed by atoms with Crippen molar-refractivity contribution in [2.24, 2.45) is 0 Å². The molecule has 1 aliphatic heterocycles. The van der Waals surface area contributed by atoms with Gasteiger partial charge in [-0.2, -0.15) is 8.42 Å². The molecule has 344 valence electrons. The number of rotatable bonds is 36. The highest BCUT2D eigenvalue weighted by atomic mass is 32.2. The summed E-state index contributed by atoms with van der Waals surface area (Å²) in [5, 5.41) is 30.9. The summed E-state index contributed by atoms with van der Waals surface area (Å²) in [7, 11) is -4.61. The molecule has 1 saturated heterocycles. The SMILES string of the molecule is CC/C=C\C/C=C\C/C=C\C/C=C\C/C=C\CCCCCC(=O)OC(COC(=O)CCCCCCC/C=C\CCCCCC)COC1OC(CS(=O)(=O)O)C(O)C(O)C1O. The molecule has 0 bridgehead atoms. The average molecular weight is 867 g/mol. The molecule has 0 aromatic carbocycles. The number of hydrogen-bond acceptors (Lipinski definition) is 11. The smallest absolute Gasteiger partial charge is 0.306 e. The number of aliphatic hydroxyl groups excluding tert-OH is 3. The van der Waals surface area contributed by atoms with E-state index in [-0.39, 0.29) is 19.4 Å².